The summed E-state index contributed by atoms with van der Waals surface area (Å²) in [6, 6.07) is 11.0. The maximum atomic E-state index is 12.5. The summed E-state index contributed by atoms with van der Waals surface area (Å²) in [6.45, 7) is 7.05. The van der Waals surface area contributed by atoms with Gasteiger partial charge in [-0.3, -0.25) is 9.10 Å². The van der Waals surface area contributed by atoms with E-state index in [1.165, 1.54) is 10.6 Å². The third-order valence-electron chi connectivity index (χ3n) is 5.45. The Morgan fingerprint density at radius 3 is 2.55 bits per heavy atom. The highest BCUT2D eigenvalue weighted by Gasteiger charge is 2.20. The van der Waals surface area contributed by atoms with E-state index in [1.807, 2.05) is 51.1 Å². The van der Waals surface area contributed by atoms with Crippen molar-refractivity contribution in [2.75, 3.05) is 30.3 Å². The predicted octanol–water partition coefficient (Wildman–Crippen LogP) is 3.50. The number of carbonyl (C=O) groups excluding carboxylic acids is 1. The molecule has 31 heavy (non-hydrogen) atoms. The Labute approximate surface area is 184 Å². The molecule has 0 radical (unpaired) electrons. The number of sulfonamides is 1. The SMILES string of the molecule is Cc1cccc(N(CCCC(=O)NC(C)c2ccc3c(c2)OCCO3)S(C)(=O)=O)c1C. The van der Waals surface area contributed by atoms with Gasteiger partial charge in [-0.2, -0.15) is 0 Å². The summed E-state index contributed by atoms with van der Waals surface area (Å²) in [7, 11) is -3.45. The highest BCUT2D eigenvalue weighted by Crippen LogP contribution is 2.32. The Bertz CT molecular complexity index is 1050. The van der Waals surface area contributed by atoms with E-state index in [4.69, 9.17) is 9.47 Å². The Balaban J connectivity index is 1.58. The molecule has 0 saturated carbocycles. The van der Waals surface area contributed by atoms with Crippen molar-refractivity contribution < 1.29 is 22.7 Å². The molecule has 0 saturated heterocycles. The van der Waals surface area contributed by atoms with Gasteiger partial charge in [-0.05, 0) is 62.1 Å². The van der Waals surface area contributed by atoms with Gasteiger partial charge in [-0.25, -0.2) is 8.42 Å². The minimum atomic E-state index is -3.45. The van der Waals surface area contributed by atoms with Gasteiger partial charge in [-0.1, -0.05) is 18.2 Å². The van der Waals surface area contributed by atoms with Gasteiger partial charge in [0, 0.05) is 13.0 Å². The molecule has 8 heteroatoms. The standard InChI is InChI=1S/C23H30N2O5S/c1-16-7-5-8-20(17(16)2)25(31(4,27)28)12-6-9-23(26)24-18(3)19-10-11-21-22(15-19)30-14-13-29-21/h5,7-8,10-11,15,18H,6,9,12-14H2,1-4H3,(H,24,26). The van der Waals surface area contributed by atoms with Crippen molar-refractivity contribution in [3.63, 3.8) is 0 Å². The number of amides is 1. The van der Waals surface area contributed by atoms with Crippen LogP contribution >= 0.6 is 0 Å². The number of ether oxygens (including phenoxy) is 2. The van der Waals surface area contributed by atoms with Gasteiger partial charge < -0.3 is 14.8 Å². The van der Waals surface area contributed by atoms with Crippen molar-refractivity contribution in [2.24, 2.45) is 0 Å². The summed E-state index contributed by atoms with van der Waals surface area (Å²) >= 11 is 0. The van der Waals surface area contributed by atoms with E-state index in [2.05, 4.69) is 5.32 Å². The van der Waals surface area contributed by atoms with Gasteiger partial charge in [0.15, 0.2) is 11.5 Å². The normalized spacial score (nSPS) is 14.1. The number of fused-ring (bicyclic) bond motifs is 1. The fraction of sp³-hybridized carbons (Fsp3) is 0.435. The van der Waals surface area contributed by atoms with Crippen LogP contribution in [0, 0.1) is 13.8 Å². The lowest BCUT2D eigenvalue weighted by Crippen LogP contribution is -2.33. The van der Waals surface area contributed by atoms with Crippen molar-refractivity contribution >= 4 is 21.6 Å². The molecular formula is C23H30N2O5S. The van der Waals surface area contributed by atoms with Crippen LogP contribution in [0.2, 0.25) is 0 Å². The van der Waals surface area contributed by atoms with E-state index >= 15 is 0 Å². The molecule has 3 rings (SSSR count). The molecule has 1 aliphatic rings. The first kappa shape index (κ1) is 22.9. The van der Waals surface area contributed by atoms with Crippen LogP contribution in [0.1, 0.15) is 42.5 Å². The second kappa shape index (κ2) is 9.60. The molecule has 0 aromatic heterocycles. The van der Waals surface area contributed by atoms with Crippen molar-refractivity contribution in [3.05, 3.63) is 53.1 Å². The highest BCUT2D eigenvalue weighted by atomic mass is 32.2. The first-order chi connectivity index (χ1) is 14.7. The number of aryl methyl sites for hydroxylation is 1. The lowest BCUT2D eigenvalue weighted by molar-refractivity contribution is -0.121. The zero-order valence-corrected chi connectivity index (χ0v) is 19.3. The molecule has 1 amide bonds. The van der Waals surface area contributed by atoms with E-state index in [0.717, 1.165) is 16.7 Å². The van der Waals surface area contributed by atoms with Crippen LogP contribution in [0.4, 0.5) is 5.69 Å². The second-order valence-electron chi connectivity index (χ2n) is 7.85. The first-order valence-corrected chi connectivity index (χ1v) is 12.2. The number of hydrogen-bond donors (Lipinski definition) is 1. The van der Waals surface area contributed by atoms with E-state index in [9.17, 15) is 13.2 Å². The number of carbonyl (C=O) groups is 1. The summed E-state index contributed by atoms with van der Waals surface area (Å²) in [6.07, 6.45) is 1.84. The molecule has 1 unspecified atom stereocenters. The van der Waals surface area contributed by atoms with Gasteiger partial charge in [0.25, 0.3) is 0 Å². The first-order valence-electron chi connectivity index (χ1n) is 10.4. The monoisotopic (exact) mass is 446 g/mol. The quantitative estimate of drug-likeness (QED) is 0.671. The molecule has 2 aromatic rings. The molecule has 1 atom stereocenters. The van der Waals surface area contributed by atoms with E-state index in [-0.39, 0.29) is 24.9 Å². The summed E-state index contributed by atoms with van der Waals surface area (Å²) in [5, 5.41) is 2.97. The van der Waals surface area contributed by atoms with Gasteiger partial charge in [-0.15, -0.1) is 0 Å². The highest BCUT2D eigenvalue weighted by molar-refractivity contribution is 7.92. The van der Waals surface area contributed by atoms with Crippen LogP contribution in [-0.2, 0) is 14.8 Å². The van der Waals surface area contributed by atoms with Crippen LogP contribution in [0.25, 0.3) is 0 Å². The Kier molecular flexibility index (Phi) is 7.10. The van der Waals surface area contributed by atoms with Crippen LogP contribution in [-0.4, -0.2) is 40.3 Å². The predicted molar refractivity (Wildman–Crippen MR) is 121 cm³/mol. The van der Waals surface area contributed by atoms with E-state index in [1.54, 1.807) is 6.07 Å². The molecule has 1 N–H and O–H groups in total. The second-order valence-corrected chi connectivity index (χ2v) is 9.76. The number of anilines is 1. The van der Waals surface area contributed by atoms with Gasteiger partial charge >= 0.3 is 0 Å². The third-order valence-corrected chi connectivity index (χ3v) is 6.63. The van der Waals surface area contributed by atoms with Crippen LogP contribution in [0.5, 0.6) is 11.5 Å². The number of hydrogen-bond acceptors (Lipinski definition) is 5. The smallest absolute Gasteiger partial charge is 0.232 e. The Morgan fingerprint density at radius 2 is 1.84 bits per heavy atom. The lowest BCUT2D eigenvalue weighted by Gasteiger charge is -2.25. The molecular weight excluding hydrogens is 416 g/mol. The molecule has 0 bridgehead atoms. The Hall–Kier alpha value is -2.74. The minimum Gasteiger partial charge on any atom is -0.486 e. The summed E-state index contributed by atoms with van der Waals surface area (Å²) < 4.78 is 37.2. The summed E-state index contributed by atoms with van der Waals surface area (Å²) in [5.41, 5.74) is 3.53. The van der Waals surface area contributed by atoms with Crippen molar-refractivity contribution in [2.45, 2.75) is 39.7 Å². The molecule has 2 aromatic carbocycles. The zero-order chi connectivity index (χ0) is 22.6. The average Bonchev–Trinajstić information content (AvgIpc) is 2.72. The topological polar surface area (TPSA) is 84.9 Å². The maximum Gasteiger partial charge on any atom is 0.232 e. The van der Waals surface area contributed by atoms with Crippen molar-refractivity contribution in [1.29, 1.82) is 0 Å². The van der Waals surface area contributed by atoms with E-state index < -0.39 is 10.0 Å². The molecule has 1 heterocycles. The third kappa shape index (κ3) is 5.70. The maximum absolute atomic E-state index is 12.5. The molecule has 1 aliphatic heterocycles. The van der Waals surface area contributed by atoms with Gasteiger partial charge in [0.05, 0.1) is 18.0 Å². The molecule has 168 valence electrons. The number of rotatable bonds is 8. The largest absolute Gasteiger partial charge is 0.486 e. The molecule has 0 fully saturated rings. The Morgan fingerprint density at radius 1 is 1.13 bits per heavy atom. The number of nitrogens with zero attached hydrogens (tertiary/aromatic N) is 1. The fourth-order valence-corrected chi connectivity index (χ4v) is 4.60. The number of nitrogens with one attached hydrogen (secondary N) is 1. The molecule has 0 aliphatic carbocycles. The summed E-state index contributed by atoms with van der Waals surface area (Å²) in [4.78, 5) is 12.5. The van der Waals surface area contributed by atoms with Crippen molar-refractivity contribution in [3.8, 4) is 11.5 Å². The van der Waals surface area contributed by atoms with Crippen LogP contribution in [0.15, 0.2) is 36.4 Å². The van der Waals surface area contributed by atoms with Gasteiger partial charge in [0.2, 0.25) is 15.9 Å². The molecule has 0 spiro atoms. The lowest BCUT2D eigenvalue weighted by atomic mass is 10.1. The van der Waals surface area contributed by atoms with E-state index in [0.29, 0.717) is 36.8 Å². The average molecular weight is 447 g/mol. The van der Waals surface area contributed by atoms with Gasteiger partial charge in [0.1, 0.15) is 13.2 Å². The molecule has 7 nitrogen and oxygen atoms in total. The zero-order valence-electron chi connectivity index (χ0n) is 18.5. The van der Waals surface area contributed by atoms with Crippen molar-refractivity contribution in [1.82, 2.24) is 5.32 Å². The fourth-order valence-electron chi connectivity index (χ4n) is 3.58. The van der Waals surface area contributed by atoms with Crippen LogP contribution < -0.4 is 19.1 Å². The minimum absolute atomic E-state index is 0.128. The number of benzene rings is 2. The van der Waals surface area contributed by atoms with Crippen LogP contribution in [0.3, 0.4) is 0 Å². The summed E-state index contributed by atoms with van der Waals surface area (Å²) in [5.74, 6) is 1.26.